The molecule has 0 radical (unpaired) electrons. The van der Waals surface area contributed by atoms with Crippen LogP contribution < -0.4 is 14.8 Å². The van der Waals surface area contributed by atoms with Crippen LogP contribution in [0.2, 0.25) is 0 Å². The van der Waals surface area contributed by atoms with Crippen molar-refractivity contribution in [3.63, 3.8) is 0 Å². The lowest BCUT2D eigenvalue weighted by molar-refractivity contribution is -0.118. The number of carbonyl (C=O) groups excluding carboxylic acids is 1. The number of anilines is 1. The van der Waals surface area contributed by atoms with Gasteiger partial charge in [0, 0.05) is 5.69 Å². The first-order valence-electron chi connectivity index (χ1n) is 9.39. The molecule has 0 saturated carbocycles. The van der Waals surface area contributed by atoms with Gasteiger partial charge in [-0.15, -0.1) is 0 Å². The second-order valence-electron chi connectivity index (χ2n) is 6.86. The molecule has 0 bridgehead atoms. The largest absolute Gasteiger partial charge is 0.489 e. The molecule has 4 nitrogen and oxygen atoms in total. The summed E-state index contributed by atoms with van der Waals surface area (Å²) in [6.07, 6.45) is 0. The highest BCUT2D eigenvalue weighted by Gasteiger charge is 2.06. The van der Waals surface area contributed by atoms with E-state index in [4.69, 9.17) is 9.47 Å². The number of benzene rings is 3. The maximum absolute atomic E-state index is 12.1. The number of nitrogens with one attached hydrogen (secondary N) is 1. The fourth-order valence-corrected chi connectivity index (χ4v) is 2.68. The van der Waals surface area contributed by atoms with Gasteiger partial charge in [-0.25, -0.2) is 0 Å². The fraction of sp³-hybridized carbons (Fsp3) is 0.208. The van der Waals surface area contributed by atoms with Gasteiger partial charge < -0.3 is 14.8 Å². The lowest BCUT2D eigenvalue weighted by Gasteiger charge is -2.11. The Bertz CT molecular complexity index is 889. The fourth-order valence-electron chi connectivity index (χ4n) is 2.68. The molecule has 28 heavy (non-hydrogen) atoms. The molecule has 0 spiro atoms. The van der Waals surface area contributed by atoms with Gasteiger partial charge in [-0.05, 0) is 53.4 Å². The standard InChI is InChI=1S/C24H25NO3/c1-18(2)20-9-6-10-23(15-20)28-17-24(26)25-21-11-13-22(14-12-21)27-16-19-7-4-3-5-8-19/h3-15,18H,16-17H2,1-2H3,(H,25,26). The third-order valence-corrected chi connectivity index (χ3v) is 4.28. The Labute approximate surface area is 166 Å². The summed E-state index contributed by atoms with van der Waals surface area (Å²) in [6.45, 7) is 4.72. The zero-order valence-electron chi connectivity index (χ0n) is 16.2. The molecule has 0 saturated heterocycles. The van der Waals surface area contributed by atoms with Crippen molar-refractivity contribution in [2.24, 2.45) is 0 Å². The highest BCUT2D eigenvalue weighted by molar-refractivity contribution is 5.91. The average molecular weight is 375 g/mol. The van der Waals surface area contributed by atoms with Crippen LogP contribution in [-0.4, -0.2) is 12.5 Å². The van der Waals surface area contributed by atoms with Crippen LogP contribution in [-0.2, 0) is 11.4 Å². The summed E-state index contributed by atoms with van der Waals surface area (Å²) >= 11 is 0. The summed E-state index contributed by atoms with van der Waals surface area (Å²) in [5.41, 5.74) is 3.00. The number of amides is 1. The van der Waals surface area contributed by atoms with Crippen molar-refractivity contribution in [3.05, 3.63) is 90.0 Å². The third-order valence-electron chi connectivity index (χ3n) is 4.28. The molecule has 0 unspecified atom stereocenters. The van der Waals surface area contributed by atoms with Crippen molar-refractivity contribution in [2.45, 2.75) is 26.4 Å². The molecule has 1 amide bonds. The second-order valence-corrected chi connectivity index (χ2v) is 6.86. The monoisotopic (exact) mass is 375 g/mol. The molecule has 0 aliphatic rings. The zero-order valence-corrected chi connectivity index (χ0v) is 16.2. The molecule has 144 valence electrons. The van der Waals surface area contributed by atoms with E-state index in [0.29, 0.717) is 24.0 Å². The second kappa shape index (κ2) is 9.60. The summed E-state index contributed by atoms with van der Waals surface area (Å²) in [5.74, 6) is 1.67. The first kappa shape index (κ1) is 19.5. The van der Waals surface area contributed by atoms with Crippen molar-refractivity contribution in [1.29, 1.82) is 0 Å². The Hall–Kier alpha value is -3.27. The molecular weight excluding hydrogens is 350 g/mol. The highest BCUT2D eigenvalue weighted by atomic mass is 16.5. The van der Waals surface area contributed by atoms with Gasteiger partial charge in [0.15, 0.2) is 6.61 Å². The van der Waals surface area contributed by atoms with E-state index in [9.17, 15) is 4.79 Å². The van der Waals surface area contributed by atoms with Crippen molar-refractivity contribution >= 4 is 11.6 Å². The zero-order chi connectivity index (χ0) is 19.8. The van der Waals surface area contributed by atoms with Crippen LogP contribution in [0.3, 0.4) is 0 Å². The quantitative estimate of drug-likeness (QED) is 0.573. The molecule has 0 aliphatic heterocycles. The van der Waals surface area contributed by atoms with E-state index in [-0.39, 0.29) is 12.5 Å². The lowest BCUT2D eigenvalue weighted by Crippen LogP contribution is -2.20. The summed E-state index contributed by atoms with van der Waals surface area (Å²) < 4.78 is 11.4. The molecule has 0 atom stereocenters. The summed E-state index contributed by atoms with van der Waals surface area (Å²) in [7, 11) is 0. The van der Waals surface area contributed by atoms with Crippen LogP contribution in [0, 0.1) is 0 Å². The number of hydrogen-bond acceptors (Lipinski definition) is 3. The van der Waals surface area contributed by atoms with Gasteiger partial charge >= 0.3 is 0 Å². The molecular formula is C24H25NO3. The van der Waals surface area contributed by atoms with Crippen molar-refractivity contribution in [3.8, 4) is 11.5 Å². The number of rotatable bonds is 8. The molecule has 1 N–H and O–H groups in total. The first-order chi connectivity index (χ1) is 13.6. The predicted octanol–water partition coefficient (Wildman–Crippen LogP) is 5.41. The van der Waals surface area contributed by atoms with Gasteiger partial charge in [-0.3, -0.25) is 4.79 Å². The van der Waals surface area contributed by atoms with E-state index in [2.05, 4.69) is 25.2 Å². The maximum atomic E-state index is 12.1. The molecule has 3 aromatic carbocycles. The van der Waals surface area contributed by atoms with Crippen LogP contribution in [0.1, 0.15) is 30.9 Å². The average Bonchev–Trinajstić information content (AvgIpc) is 2.73. The van der Waals surface area contributed by atoms with Gasteiger partial charge in [0.05, 0.1) is 0 Å². The van der Waals surface area contributed by atoms with Crippen molar-refractivity contribution < 1.29 is 14.3 Å². The van der Waals surface area contributed by atoms with Gasteiger partial charge in [0.2, 0.25) is 0 Å². The van der Waals surface area contributed by atoms with Crippen LogP contribution in [0.15, 0.2) is 78.9 Å². The number of ether oxygens (including phenoxy) is 2. The lowest BCUT2D eigenvalue weighted by atomic mass is 10.0. The molecule has 0 aromatic heterocycles. The van der Waals surface area contributed by atoms with E-state index in [1.54, 1.807) is 0 Å². The number of hydrogen-bond donors (Lipinski definition) is 1. The Morgan fingerprint density at radius 3 is 2.32 bits per heavy atom. The Balaban J connectivity index is 1.47. The predicted molar refractivity (Wildman–Crippen MR) is 112 cm³/mol. The number of carbonyl (C=O) groups is 1. The van der Waals surface area contributed by atoms with Crippen LogP contribution >= 0.6 is 0 Å². The normalized spacial score (nSPS) is 10.5. The van der Waals surface area contributed by atoms with Gasteiger partial charge in [-0.2, -0.15) is 0 Å². The molecule has 3 rings (SSSR count). The van der Waals surface area contributed by atoms with Crippen molar-refractivity contribution in [2.75, 3.05) is 11.9 Å². The molecule has 0 fully saturated rings. The maximum Gasteiger partial charge on any atom is 0.262 e. The minimum atomic E-state index is -0.201. The summed E-state index contributed by atoms with van der Waals surface area (Å²) in [5, 5.41) is 2.83. The van der Waals surface area contributed by atoms with Gasteiger partial charge in [0.1, 0.15) is 18.1 Å². The molecule has 0 heterocycles. The Morgan fingerprint density at radius 2 is 1.61 bits per heavy atom. The SMILES string of the molecule is CC(C)c1cccc(OCC(=O)Nc2ccc(OCc3ccccc3)cc2)c1. The Morgan fingerprint density at radius 1 is 0.857 bits per heavy atom. The highest BCUT2D eigenvalue weighted by Crippen LogP contribution is 2.20. The van der Waals surface area contributed by atoms with Crippen LogP contribution in [0.4, 0.5) is 5.69 Å². The summed E-state index contributed by atoms with van der Waals surface area (Å²) in [4.78, 5) is 12.1. The van der Waals surface area contributed by atoms with E-state index < -0.39 is 0 Å². The van der Waals surface area contributed by atoms with E-state index >= 15 is 0 Å². The molecule has 4 heteroatoms. The van der Waals surface area contributed by atoms with Crippen molar-refractivity contribution in [1.82, 2.24) is 0 Å². The summed E-state index contributed by atoms with van der Waals surface area (Å²) in [6, 6.07) is 25.1. The van der Waals surface area contributed by atoms with Gasteiger partial charge in [0.25, 0.3) is 5.91 Å². The van der Waals surface area contributed by atoms with Crippen LogP contribution in [0.25, 0.3) is 0 Å². The van der Waals surface area contributed by atoms with E-state index in [0.717, 1.165) is 11.3 Å². The third kappa shape index (κ3) is 5.88. The minimum absolute atomic E-state index is 0.0339. The van der Waals surface area contributed by atoms with Crippen LogP contribution in [0.5, 0.6) is 11.5 Å². The van der Waals surface area contributed by atoms with E-state index in [1.807, 2.05) is 72.8 Å². The minimum Gasteiger partial charge on any atom is -0.489 e. The molecule has 3 aromatic rings. The van der Waals surface area contributed by atoms with Gasteiger partial charge in [-0.1, -0.05) is 56.3 Å². The first-order valence-corrected chi connectivity index (χ1v) is 9.39. The van der Waals surface area contributed by atoms with E-state index in [1.165, 1.54) is 5.56 Å². The Kier molecular flexibility index (Phi) is 6.68. The topological polar surface area (TPSA) is 47.6 Å². The smallest absolute Gasteiger partial charge is 0.262 e. The molecule has 0 aliphatic carbocycles.